The summed E-state index contributed by atoms with van der Waals surface area (Å²) in [5.74, 6) is -0.206. The summed E-state index contributed by atoms with van der Waals surface area (Å²) < 4.78 is 0. The second-order valence-corrected chi connectivity index (χ2v) is 4.06. The summed E-state index contributed by atoms with van der Waals surface area (Å²) in [4.78, 5) is 30.3. The molecule has 0 saturated heterocycles. The highest BCUT2D eigenvalue weighted by atomic mass is 16.6. The predicted molar refractivity (Wildman–Crippen MR) is 77.2 cm³/mol. The quantitative estimate of drug-likeness (QED) is 0.643. The van der Waals surface area contributed by atoms with Gasteiger partial charge in [0.2, 0.25) is 0 Å². The Morgan fingerprint density at radius 2 is 2.19 bits per heavy atom. The van der Waals surface area contributed by atoms with Crippen molar-refractivity contribution in [2.75, 3.05) is 17.2 Å². The van der Waals surface area contributed by atoms with Gasteiger partial charge in [0, 0.05) is 30.6 Å². The zero-order valence-electron chi connectivity index (χ0n) is 11.2. The molecule has 8 nitrogen and oxygen atoms in total. The number of hydrogen-bond donors (Lipinski definition) is 2. The number of amides is 1. The van der Waals surface area contributed by atoms with Crippen LogP contribution >= 0.6 is 0 Å². The predicted octanol–water partition coefficient (Wildman–Crippen LogP) is 2.07. The Kier molecular flexibility index (Phi) is 4.39. The number of rotatable bonds is 5. The fraction of sp³-hybridized carbons (Fsp3) is 0.154. The fourth-order valence-electron chi connectivity index (χ4n) is 1.72. The number of nitrogens with one attached hydrogen (secondary N) is 2. The minimum atomic E-state index is -0.531. The summed E-state index contributed by atoms with van der Waals surface area (Å²) in [5, 5.41) is 16.4. The van der Waals surface area contributed by atoms with Crippen LogP contribution in [0.15, 0.2) is 36.8 Å². The summed E-state index contributed by atoms with van der Waals surface area (Å²) in [5.41, 5.74) is 0.399. The second-order valence-electron chi connectivity index (χ2n) is 4.06. The maximum Gasteiger partial charge on any atom is 0.293 e. The van der Waals surface area contributed by atoms with Gasteiger partial charge >= 0.3 is 0 Å². The molecule has 0 aliphatic carbocycles. The van der Waals surface area contributed by atoms with E-state index in [1.165, 1.54) is 36.8 Å². The van der Waals surface area contributed by atoms with Gasteiger partial charge in [0.1, 0.15) is 5.69 Å². The van der Waals surface area contributed by atoms with Crippen molar-refractivity contribution < 1.29 is 9.72 Å². The summed E-state index contributed by atoms with van der Waals surface area (Å²) in [6, 6.07) is 4.24. The van der Waals surface area contributed by atoms with Crippen molar-refractivity contribution in [3.8, 4) is 0 Å². The molecule has 1 aromatic heterocycles. The Morgan fingerprint density at radius 3 is 2.81 bits per heavy atom. The van der Waals surface area contributed by atoms with E-state index in [1.807, 2.05) is 6.92 Å². The Morgan fingerprint density at radius 1 is 1.38 bits per heavy atom. The van der Waals surface area contributed by atoms with E-state index in [0.717, 1.165) is 0 Å². The number of carbonyl (C=O) groups is 1. The van der Waals surface area contributed by atoms with E-state index < -0.39 is 10.8 Å². The number of anilines is 2. The van der Waals surface area contributed by atoms with Crippen molar-refractivity contribution in [2.45, 2.75) is 6.92 Å². The summed E-state index contributed by atoms with van der Waals surface area (Å²) in [7, 11) is 0. The molecule has 2 N–H and O–H groups in total. The number of benzene rings is 1. The van der Waals surface area contributed by atoms with Crippen molar-refractivity contribution in [2.24, 2.45) is 0 Å². The first-order chi connectivity index (χ1) is 10.1. The molecule has 1 heterocycles. The number of carbonyl (C=O) groups excluding carboxylic acids is 1. The maximum atomic E-state index is 12.0. The Balaban J connectivity index is 2.25. The third-order valence-electron chi connectivity index (χ3n) is 2.63. The van der Waals surface area contributed by atoms with E-state index in [4.69, 9.17) is 0 Å². The highest BCUT2D eigenvalue weighted by molar-refractivity contribution is 6.04. The highest BCUT2D eigenvalue weighted by Crippen LogP contribution is 2.25. The Hall–Kier alpha value is -3.03. The van der Waals surface area contributed by atoms with Crippen LogP contribution in [0.2, 0.25) is 0 Å². The van der Waals surface area contributed by atoms with Gasteiger partial charge in [0.15, 0.2) is 5.82 Å². The van der Waals surface area contributed by atoms with Gasteiger partial charge in [-0.1, -0.05) is 0 Å². The topological polar surface area (TPSA) is 110 Å². The van der Waals surface area contributed by atoms with E-state index in [-0.39, 0.29) is 17.1 Å². The molecule has 0 aliphatic heterocycles. The van der Waals surface area contributed by atoms with Crippen LogP contribution in [0.25, 0.3) is 0 Å². The first-order valence-electron chi connectivity index (χ1n) is 6.21. The number of nitrogens with zero attached hydrogens (tertiary/aromatic N) is 3. The monoisotopic (exact) mass is 287 g/mol. The van der Waals surface area contributed by atoms with Crippen molar-refractivity contribution in [1.82, 2.24) is 9.97 Å². The Labute approximate surface area is 120 Å². The molecule has 0 atom stereocenters. The van der Waals surface area contributed by atoms with Gasteiger partial charge in [-0.15, -0.1) is 0 Å². The highest BCUT2D eigenvalue weighted by Gasteiger charge is 2.17. The minimum Gasteiger partial charge on any atom is -0.380 e. The van der Waals surface area contributed by atoms with Crippen LogP contribution in [0.4, 0.5) is 17.2 Å². The SMILES string of the molecule is CCNc1ccc(C(=O)Nc2cnccn2)cc1[N+](=O)[O-]. The van der Waals surface area contributed by atoms with E-state index in [2.05, 4.69) is 20.6 Å². The van der Waals surface area contributed by atoms with E-state index in [0.29, 0.717) is 12.2 Å². The lowest BCUT2D eigenvalue weighted by molar-refractivity contribution is -0.384. The molecule has 21 heavy (non-hydrogen) atoms. The third-order valence-corrected chi connectivity index (χ3v) is 2.63. The van der Waals surface area contributed by atoms with E-state index in [9.17, 15) is 14.9 Å². The standard InChI is InChI=1S/C13H13N5O3/c1-2-15-10-4-3-9(7-11(10)18(20)21)13(19)17-12-8-14-5-6-16-12/h3-8,15H,2H2,1H3,(H,16,17,19). The smallest absolute Gasteiger partial charge is 0.293 e. The second kappa shape index (κ2) is 6.42. The number of aromatic nitrogens is 2. The Bertz CT molecular complexity index is 660. The van der Waals surface area contributed by atoms with Gasteiger partial charge in [-0.3, -0.25) is 19.9 Å². The lowest BCUT2D eigenvalue weighted by atomic mass is 10.1. The molecular weight excluding hydrogens is 274 g/mol. The summed E-state index contributed by atoms with van der Waals surface area (Å²) in [6.07, 6.45) is 4.30. The molecule has 0 unspecified atom stereocenters. The molecule has 0 saturated carbocycles. The summed E-state index contributed by atoms with van der Waals surface area (Å²) >= 11 is 0. The van der Waals surface area contributed by atoms with E-state index >= 15 is 0 Å². The van der Waals surface area contributed by atoms with Crippen LogP contribution in [0.1, 0.15) is 17.3 Å². The molecule has 0 aliphatic rings. The average Bonchev–Trinajstić information content (AvgIpc) is 2.48. The molecule has 0 fully saturated rings. The van der Waals surface area contributed by atoms with Gasteiger partial charge in [-0.2, -0.15) is 0 Å². The molecule has 0 radical (unpaired) electrons. The van der Waals surface area contributed by atoms with Crippen molar-refractivity contribution in [1.29, 1.82) is 0 Å². The van der Waals surface area contributed by atoms with Crippen molar-refractivity contribution >= 4 is 23.1 Å². The molecular formula is C13H13N5O3. The fourth-order valence-corrected chi connectivity index (χ4v) is 1.72. The van der Waals surface area contributed by atoms with Crippen LogP contribution in [0.5, 0.6) is 0 Å². The van der Waals surface area contributed by atoms with Gasteiger partial charge in [-0.25, -0.2) is 4.98 Å². The zero-order chi connectivity index (χ0) is 15.2. The molecule has 8 heteroatoms. The van der Waals surface area contributed by atoms with Crippen LogP contribution in [0.3, 0.4) is 0 Å². The van der Waals surface area contributed by atoms with Gasteiger partial charge < -0.3 is 10.6 Å². The minimum absolute atomic E-state index is 0.149. The first-order valence-corrected chi connectivity index (χ1v) is 6.21. The van der Waals surface area contributed by atoms with E-state index in [1.54, 1.807) is 0 Å². The molecule has 1 amide bonds. The molecule has 2 aromatic rings. The van der Waals surface area contributed by atoms with Gasteiger partial charge in [0.05, 0.1) is 11.1 Å². The zero-order valence-corrected chi connectivity index (χ0v) is 11.2. The normalized spacial score (nSPS) is 9.95. The number of nitro groups is 1. The molecule has 108 valence electrons. The van der Waals surface area contributed by atoms with Crippen LogP contribution in [-0.4, -0.2) is 27.3 Å². The molecule has 0 bridgehead atoms. The molecule has 0 spiro atoms. The number of hydrogen-bond acceptors (Lipinski definition) is 6. The largest absolute Gasteiger partial charge is 0.380 e. The van der Waals surface area contributed by atoms with Crippen molar-refractivity contribution in [3.63, 3.8) is 0 Å². The van der Waals surface area contributed by atoms with Gasteiger partial charge in [-0.05, 0) is 19.1 Å². The van der Waals surface area contributed by atoms with Crippen LogP contribution in [0, 0.1) is 10.1 Å². The van der Waals surface area contributed by atoms with Crippen LogP contribution in [-0.2, 0) is 0 Å². The van der Waals surface area contributed by atoms with Gasteiger partial charge in [0.25, 0.3) is 11.6 Å². The third kappa shape index (κ3) is 3.50. The van der Waals surface area contributed by atoms with Crippen LogP contribution < -0.4 is 10.6 Å². The average molecular weight is 287 g/mol. The first kappa shape index (κ1) is 14.4. The maximum absolute atomic E-state index is 12.0. The lowest BCUT2D eigenvalue weighted by Gasteiger charge is -2.07. The lowest BCUT2D eigenvalue weighted by Crippen LogP contribution is -2.13. The summed E-state index contributed by atoms with van der Waals surface area (Å²) in [6.45, 7) is 2.38. The molecule has 2 rings (SSSR count). The van der Waals surface area contributed by atoms with Crippen molar-refractivity contribution in [3.05, 3.63) is 52.5 Å². The number of nitro benzene ring substituents is 1. The molecule has 1 aromatic carbocycles.